The lowest BCUT2D eigenvalue weighted by molar-refractivity contribution is -0.158. The van der Waals surface area contributed by atoms with Crippen LogP contribution in [0, 0.1) is 0 Å². The zero-order chi connectivity index (χ0) is 21.0. The summed E-state index contributed by atoms with van der Waals surface area (Å²) in [4.78, 5) is 50.9. The molecule has 0 radical (unpaired) electrons. The summed E-state index contributed by atoms with van der Waals surface area (Å²) in [7, 11) is 0. The SMILES string of the molecule is CCCC[C@@]1(C)NC(=O)N(CC(=O)O[C@@H](C(=O)NC2CC2)c2ccccc2)C1=O. The van der Waals surface area contributed by atoms with Crippen LogP contribution in [0.25, 0.3) is 0 Å². The zero-order valence-corrected chi connectivity index (χ0v) is 16.8. The lowest BCUT2D eigenvalue weighted by Crippen LogP contribution is -2.44. The lowest BCUT2D eigenvalue weighted by atomic mass is 9.95. The van der Waals surface area contributed by atoms with Gasteiger partial charge in [-0.3, -0.25) is 19.3 Å². The first-order chi connectivity index (χ1) is 13.8. The number of rotatable bonds is 9. The Labute approximate surface area is 170 Å². The van der Waals surface area contributed by atoms with E-state index in [0.29, 0.717) is 12.0 Å². The third-order valence-electron chi connectivity index (χ3n) is 5.18. The van der Waals surface area contributed by atoms with E-state index in [9.17, 15) is 19.2 Å². The van der Waals surface area contributed by atoms with E-state index >= 15 is 0 Å². The van der Waals surface area contributed by atoms with Gasteiger partial charge in [0.1, 0.15) is 12.1 Å². The van der Waals surface area contributed by atoms with Gasteiger partial charge in [0.25, 0.3) is 11.8 Å². The Morgan fingerprint density at radius 1 is 1.28 bits per heavy atom. The molecule has 2 N–H and O–H groups in total. The van der Waals surface area contributed by atoms with E-state index in [0.717, 1.165) is 30.6 Å². The van der Waals surface area contributed by atoms with Gasteiger partial charge < -0.3 is 15.4 Å². The van der Waals surface area contributed by atoms with Gasteiger partial charge in [-0.1, -0.05) is 50.1 Å². The summed E-state index contributed by atoms with van der Waals surface area (Å²) >= 11 is 0. The number of unbranched alkanes of at least 4 members (excludes halogenated alkanes) is 1. The van der Waals surface area contributed by atoms with E-state index in [2.05, 4.69) is 10.6 Å². The Morgan fingerprint density at radius 3 is 2.59 bits per heavy atom. The van der Waals surface area contributed by atoms with Crippen molar-refractivity contribution >= 4 is 23.8 Å². The summed E-state index contributed by atoms with van der Waals surface area (Å²) in [6, 6.07) is 8.17. The van der Waals surface area contributed by atoms with Gasteiger partial charge in [0, 0.05) is 11.6 Å². The van der Waals surface area contributed by atoms with Crippen molar-refractivity contribution < 1.29 is 23.9 Å². The molecule has 1 saturated heterocycles. The van der Waals surface area contributed by atoms with E-state index in [1.807, 2.05) is 6.92 Å². The second-order valence-corrected chi connectivity index (χ2v) is 7.82. The highest BCUT2D eigenvalue weighted by Crippen LogP contribution is 2.25. The van der Waals surface area contributed by atoms with Crippen molar-refractivity contribution in [1.82, 2.24) is 15.5 Å². The van der Waals surface area contributed by atoms with Gasteiger partial charge in [-0.15, -0.1) is 0 Å². The molecule has 1 aromatic carbocycles. The molecule has 0 bridgehead atoms. The lowest BCUT2D eigenvalue weighted by Gasteiger charge is -2.22. The highest BCUT2D eigenvalue weighted by molar-refractivity contribution is 6.08. The number of amides is 4. The summed E-state index contributed by atoms with van der Waals surface area (Å²) in [6.45, 7) is 3.12. The highest BCUT2D eigenvalue weighted by atomic mass is 16.5. The van der Waals surface area contributed by atoms with E-state index in [-0.39, 0.29) is 6.04 Å². The van der Waals surface area contributed by atoms with Gasteiger partial charge in [0.05, 0.1) is 0 Å². The fraction of sp³-hybridized carbons (Fsp3) is 0.524. The maximum absolute atomic E-state index is 12.7. The summed E-state index contributed by atoms with van der Waals surface area (Å²) in [5.41, 5.74) is -0.487. The highest BCUT2D eigenvalue weighted by Gasteiger charge is 2.48. The fourth-order valence-electron chi connectivity index (χ4n) is 3.29. The molecule has 1 aliphatic carbocycles. The van der Waals surface area contributed by atoms with Crippen LogP contribution in [0.15, 0.2) is 30.3 Å². The van der Waals surface area contributed by atoms with Crippen LogP contribution in [-0.4, -0.2) is 46.8 Å². The average Bonchev–Trinajstić information content (AvgIpc) is 3.49. The number of nitrogens with zero attached hydrogens (tertiary/aromatic N) is 1. The molecule has 0 aromatic heterocycles. The van der Waals surface area contributed by atoms with Crippen molar-refractivity contribution in [2.45, 2.75) is 63.6 Å². The van der Waals surface area contributed by atoms with E-state index in [4.69, 9.17) is 4.74 Å². The molecule has 156 valence electrons. The Balaban J connectivity index is 1.67. The zero-order valence-electron chi connectivity index (χ0n) is 16.8. The standard InChI is InChI=1S/C21H27N3O5/c1-3-4-12-21(2)19(27)24(20(28)23-21)13-16(25)29-17(14-8-6-5-7-9-14)18(26)22-15-10-11-15/h5-9,15,17H,3-4,10-13H2,1-2H3,(H,22,26)(H,23,28)/t17-,21-/m1/s1. The number of hydrogen-bond donors (Lipinski definition) is 2. The summed E-state index contributed by atoms with van der Waals surface area (Å²) in [6.07, 6.45) is 2.83. The number of nitrogens with one attached hydrogen (secondary N) is 2. The molecule has 2 fully saturated rings. The fourth-order valence-corrected chi connectivity index (χ4v) is 3.29. The Hall–Kier alpha value is -2.90. The normalized spacial score (nSPS) is 22.2. The molecule has 0 unspecified atom stereocenters. The van der Waals surface area contributed by atoms with Gasteiger partial charge in [0.2, 0.25) is 6.10 Å². The van der Waals surface area contributed by atoms with E-state index < -0.39 is 42.0 Å². The molecule has 8 heteroatoms. The molecular weight excluding hydrogens is 374 g/mol. The van der Waals surface area contributed by atoms with Crippen molar-refractivity contribution in [2.24, 2.45) is 0 Å². The van der Waals surface area contributed by atoms with Crippen LogP contribution in [0.2, 0.25) is 0 Å². The third kappa shape index (κ3) is 4.93. The number of carbonyl (C=O) groups is 4. The van der Waals surface area contributed by atoms with Crippen LogP contribution >= 0.6 is 0 Å². The van der Waals surface area contributed by atoms with Gasteiger partial charge in [-0.05, 0) is 26.2 Å². The third-order valence-corrected chi connectivity index (χ3v) is 5.18. The average molecular weight is 401 g/mol. The second-order valence-electron chi connectivity index (χ2n) is 7.82. The van der Waals surface area contributed by atoms with Gasteiger partial charge in [-0.2, -0.15) is 0 Å². The summed E-state index contributed by atoms with van der Waals surface area (Å²) < 4.78 is 5.41. The molecule has 0 spiro atoms. The van der Waals surface area contributed by atoms with Gasteiger partial charge in [-0.25, -0.2) is 4.79 Å². The molecule has 8 nitrogen and oxygen atoms in total. The molecule has 2 atom stereocenters. The van der Waals surface area contributed by atoms with Crippen LogP contribution in [0.4, 0.5) is 4.79 Å². The number of esters is 1. The first-order valence-corrected chi connectivity index (χ1v) is 10.0. The monoisotopic (exact) mass is 401 g/mol. The van der Waals surface area contributed by atoms with Crippen LogP contribution < -0.4 is 10.6 Å². The molecule has 1 saturated carbocycles. The van der Waals surface area contributed by atoms with Crippen LogP contribution in [-0.2, 0) is 19.1 Å². The van der Waals surface area contributed by atoms with Crippen LogP contribution in [0.3, 0.4) is 0 Å². The van der Waals surface area contributed by atoms with E-state index in [1.165, 1.54) is 0 Å². The Bertz CT molecular complexity index is 793. The largest absolute Gasteiger partial charge is 0.446 e. The molecule has 29 heavy (non-hydrogen) atoms. The Kier molecular flexibility index (Phi) is 6.20. The molecule has 4 amide bonds. The first-order valence-electron chi connectivity index (χ1n) is 10.0. The number of ether oxygens (including phenoxy) is 1. The van der Waals surface area contributed by atoms with Crippen molar-refractivity contribution in [1.29, 1.82) is 0 Å². The first kappa shape index (κ1) is 20.8. The summed E-state index contributed by atoms with van der Waals surface area (Å²) in [5.74, 6) is -1.67. The molecular formula is C21H27N3O5. The Morgan fingerprint density at radius 2 is 1.97 bits per heavy atom. The molecule has 1 heterocycles. The molecule has 3 rings (SSSR count). The summed E-state index contributed by atoms with van der Waals surface area (Å²) in [5, 5.41) is 5.49. The maximum atomic E-state index is 12.7. The molecule has 1 aromatic rings. The maximum Gasteiger partial charge on any atom is 0.327 e. The van der Waals surface area contributed by atoms with Crippen molar-refractivity contribution in [3.05, 3.63) is 35.9 Å². The number of hydrogen-bond acceptors (Lipinski definition) is 5. The van der Waals surface area contributed by atoms with Gasteiger partial charge >= 0.3 is 12.0 Å². The van der Waals surface area contributed by atoms with Crippen LogP contribution in [0.5, 0.6) is 0 Å². The van der Waals surface area contributed by atoms with E-state index in [1.54, 1.807) is 37.3 Å². The number of benzene rings is 1. The second kappa shape index (κ2) is 8.63. The quantitative estimate of drug-likeness (QED) is 0.487. The predicted molar refractivity (Wildman–Crippen MR) is 105 cm³/mol. The number of urea groups is 1. The van der Waals surface area contributed by atoms with Crippen molar-refractivity contribution in [3.8, 4) is 0 Å². The predicted octanol–water partition coefficient (Wildman–Crippen LogP) is 2.05. The number of carbonyl (C=O) groups excluding carboxylic acids is 4. The van der Waals surface area contributed by atoms with Crippen molar-refractivity contribution in [2.75, 3.05) is 6.54 Å². The minimum Gasteiger partial charge on any atom is -0.446 e. The molecule has 1 aliphatic heterocycles. The topological polar surface area (TPSA) is 105 Å². The number of imide groups is 1. The minimum absolute atomic E-state index is 0.109. The van der Waals surface area contributed by atoms with Crippen molar-refractivity contribution in [3.63, 3.8) is 0 Å². The van der Waals surface area contributed by atoms with Gasteiger partial charge in [0.15, 0.2) is 0 Å². The molecule has 2 aliphatic rings. The minimum atomic E-state index is -1.13. The van der Waals surface area contributed by atoms with Crippen LogP contribution in [0.1, 0.15) is 57.6 Å². The smallest absolute Gasteiger partial charge is 0.327 e.